The minimum atomic E-state index is -2.70. The fourth-order valence-electron chi connectivity index (χ4n) is 3.78. The van der Waals surface area contributed by atoms with Crippen molar-refractivity contribution in [1.82, 2.24) is 25.4 Å². The van der Waals surface area contributed by atoms with E-state index in [2.05, 4.69) is 20.5 Å². The second kappa shape index (κ2) is 7.87. The van der Waals surface area contributed by atoms with Crippen LogP contribution in [0.2, 0.25) is 0 Å². The van der Waals surface area contributed by atoms with Gasteiger partial charge in [0.25, 0.3) is 11.8 Å². The number of carbonyl (C=O) groups excluding carboxylic acids is 1. The van der Waals surface area contributed by atoms with Gasteiger partial charge in [-0.3, -0.25) is 19.8 Å². The highest BCUT2D eigenvalue weighted by molar-refractivity contribution is 6.05. The van der Waals surface area contributed by atoms with E-state index in [1.165, 1.54) is 0 Å². The third-order valence-electron chi connectivity index (χ3n) is 5.20. The van der Waals surface area contributed by atoms with E-state index in [-0.39, 0.29) is 18.5 Å². The van der Waals surface area contributed by atoms with Gasteiger partial charge < -0.3 is 5.32 Å². The molecule has 0 spiro atoms. The summed E-state index contributed by atoms with van der Waals surface area (Å²) in [5.41, 5.74) is 3.04. The van der Waals surface area contributed by atoms with Gasteiger partial charge in [0.15, 0.2) is 5.69 Å². The zero-order valence-corrected chi connectivity index (χ0v) is 16.2. The smallest absolute Gasteiger partial charge is 0.272 e. The number of benzene rings is 1. The first-order chi connectivity index (χ1) is 13.9. The van der Waals surface area contributed by atoms with Crippen LogP contribution in [0.4, 0.5) is 8.78 Å². The van der Waals surface area contributed by atoms with Crippen LogP contribution in [0, 0.1) is 0 Å². The van der Waals surface area contributed by atoms with Crippen LogP contribution < -0.4 is 5.32 Å². The highest BCUT2D eigenvalue weighted by Crippen LogP contribution is 2.25. The molecule has 1 aromatic carbocycles. The summed E-state index contributed by atoms with van der Waals surface area (Å²) in [6.45, 7) is 1.78. The number of hydrogen-bond donors (Lipinski definition) is 2. The zero-order chi connectivity index (χ0) is 20.4. The van der Waals surface area contributed by atoms with E-state index in [1.54, 1.807) is 17.3 Å². The Labute approximate surface area is 167 Å². The Balaban J connectivity index is 1.45. The number of pyridine rings is 1. The Kier molecular flexibility index (Phi) is 5.27. The van der Waals surface area contributed by atoms with Gasteiger partial charge in [-0.15, -0.1) is 0 Å². The normalized spacial score (nSPS) is 16.2. The van der Waals surface area contributed by atoms with E-state index in [4.69, 9.17) is 0 Å². The Bertz CT molecular complexity index is 991. The lowest BCUT2D eigenvalue weighted by Gasteiger charge is -2.33. The summed E-state index contributed by atoms with van der Waals surface area (Å²) in [7, 11) is 0. The van der Waals surface area contributed by atoms with Gasteiger partial charge in [-0.05, 0) is 36.6 Å². The molecule has 0 bridgehead atoms. The number of aromatic nitrogens is 3. The van der Waals surface area contributed by atoms with Crippen LogP contribution in [0.3, 0.4) is 0 Å². The molecule has 0 aliphatic carbocycles. The lowest BCUT2D eigenvalue weighted by molar-refractivity contribution is -0.0205. The molecule has 3 aromatic rings. The molecule has 152 valence electrons. The molecule has 2 aromatic heterocycles. The van der Waals surface area contributed by atoms with E-state index in [1.807, 2.05) is 30.3 Å². The average Bonchev–Trinajstić information content (AvgIpc) is 3.12. The monoisotopic (exact) mass is 399 g/mol. The number of aromatic amines is 1. The van der Waals surface area contributed by atoms with Crippen molar-refractivity contribution in [3.63, 3.8) is 0 Å². The minimum Gasteiger partial charge on any atom is -0.348 e. The maximum atomic E-state index is 13.2. The van der Waals surface area contributed by atoms with Crippen LogP contribution in [-0.4, -0.2) is 57.6 Å². The van der Waals surface area contributed by atoms with Gasteiger partial charge in [0.1, 0.15) is 0 Å². The molecule has 2 N–H and O–H groups in total. The number of rotatable bonds is 5. The zero-order valence-electron chi connectivity index (χ0n) is 16.2. The second-order valence-electron chi connectivity index (χ2n) is 7.67. The topological polar surface area (TPSA) is 73.9 Å². The predicted molar refractivity (Wildman–Crippen MR) is 107 cm³/mol. The van der Waals surface area contributed by atoms with Crippen molar-refractivity contribution in [3.05, 3.63) is 48.4 Å². The molecule has 3 heterocycles. The lowest BCUT2D eigenvalue weighted by Crippen LogP contribution is -2.47. The number of nitrogens with zero attached hydrogens (tertiary/aromatic N) is 3. The van der Waals surface area contributed by atoms with Crippen molar-refractivity contribution in [3.8, 4) is 11.1 Å². The minimum absolute atomic E-state index is 0.0440. The number of nitrogens with one attached hydrogen (secondary N) is 2. The third kappa shape index (κ3) is 4.59. The number of halogens is 2. The van der Waals surface area contributed by atoms with E-state index < -0.39 is 5.92 Å². The molecule has 1 aliphatic rings. The molecule has 1 fully saturated rings. The summed E-state index contributed by atoms with van der Waals surface area (Å²) in [5, 5.41) is 10.8. The number of carbonyl (C=O) groups is 1. The molecule has 4 rings (SSSR count). The number of fused-ring (bicyclic) bond motifs is 1. The van der Waals surface area contributed by atoms with Gasteiger partial charge in [-0.25, -0.2) is 8.78 Å². The van der Waals surface area contributed by atoms with Crippen LogP contribution >= 0.6 is 0 Å². The quantitative estimate of drug-likeness (QED) is 0.689. The first-order valence-electron chi connectivity index (χ1n) is 9.69. The number of piperidine rings is 1. The molecule has 0 radical (unpaired) electrons. The molecule has 8 heteroatoms. The van der Waals surface area contributed by atoms with Crippen molar-refractivity contribution in [2.75, 3.05) is 19.6 Å². The predicted octanol–water partition coefficient (Wildman–Crippen LogP) is 3.47. The second-order valence-corrected chi connectivity index (χ2v) is 7.67. The van der Waals surface area contributed by atoms with Crippen molar-refractivity contribution in [2.24, 2.45) is 0 Å². The third-order valence-corrected chi connectivity index (χ3v) is 5.20. The van der Waals surface area contributed by atoms with E-state index in [9.17, 15) is 13.6 Å². The molecule has 1 aliphatic heterocycles. The van der Waals surface area contributed by atoms with E-state index in [0.717, 1.165) is 29.0 Å². The summed E-state index contributed by atoms with van der Waals surface area (Å²) in [6.07, 6.45) is 4.77. The van der Waals surface area contributed by atoms with E-state index >= 15 is 0 Å². The highest BCUT2D eigenvalue weighted by atomic mass is 19.3. The van der Waals surface area contributed by atoms with Crippen molar-refractivity contribution in [2.45, 2.75) is 31.7 Å². The summed E-state index contributed by atoms with van der Waals surface area (Å²) in [4.78, 5) is 18.7. The first kappa shape index (κ1) is 19.4. The SMILES string of the molecule is CC(F)(F)CN1CCC(NC(=O)c2n[nH]c3ccc(-c4cccnc4)cc23)CC1. The van der Waals surface area contributed by atoms with Gasteiger partial charge in [-0.1, -0.05) is 12.1 Å². The van der Waals surface area contributed by atoms with Gasteiger partial charge in [0.05, 0.1) is 12.1 Å². The number of alkyl halides is 2. The Morgan fingerprint density at radius 1 is 1.28 bits per heavy atom. The highest BCUT2D eigenvalue weighted by Gasteiger charge is 2.29. The van der Waals surface area contributed by atoms with Crippen LogP contribution in [0.15, 0.2) is 42.7 Å². The molecule has 1 saturated heterocycles. The van der Waals surface area contributed by atoms with Crippen LogP contribution in [-0.2, 0) is 0 Å². The molecule has 6 nitrogen and oxygen atoms in total. The molecular weight excluding hydrogens is 376 g/mol. The summed E-state index contributed by atoms with van der Waals surface area (Å²) in [6, 6.07) is 9.56. The van der Waals surface area contributed by atoms with E-state index in [0.29, 0.717) is 31.6 Å². The van der Waals surface area contributed by atoms with Crippen LogP contribution in [0.25, 0.3) is 22.0 Å². The molecule has 1 amide bonds. The molecule has 29 heavy (non-hydrogen) atoms. The van der Waals surface area contributed by atoms with Gasteiger partial charge in [0, 0.05) is 49.4 Å². The van der Waals surface area contributed by atoms with Crippen molar-refractivity contribution in [1.29, 1.82) is 0 Å². The van der Waals surface area contributed by atoms with Gasteiger partial charge >= 0.3 is 0 Å². The Morgan fingerprint density at radius 3 is 2.76 bits per heavy atom. The molecule has 0 saturated carbocycles. The summed E-state index contributed by atoms with van der Waals surface area (Å²) >= 11 is 0. The standard InChI is InChI=1S/C21H23F2N5O/c1-21(22,23)13-28-9-6-16(7-10-28)25-20(29)19-17-11-14(4-5-18(17)26-27-19)15-3-2-8-24-12-15/h2-5,8,11-12,16H,6-7,9-10,13H2,1H3,(H,25,29)(H,26,27). The van der Waals surface area contributed by atoms with Gasteiger partial charge in [0.2, 0.25) is 0 Å². The fraction of sp³-hybridized carbons (Fsp3) is 0.381. The maximum absolute atomic E-state index is 13.2. The Hall–Kier alpha value is -2.87. The van der Waals surface area contributed by atoms with Crippen molar-refractivity contribution < 1.29 is 13.6 Å². The maximum Gasteiger partial charge on any atom is 0.272 e. The lowest BCUT2D eigenvalue weighted by atomic mass is 10.0. The number of likely N-dealkylation sites (tertiary alicyclic amines) is 1. The van der Waals surface area contributed by atoms with Crippen LogP contribution in [0.5, 0.6) is 0 Å². The molecular formula is C21H23F2N5O. The Morgan fingerprint density at radius 2 is 2.07 bits per heavy atom. The average molecular weight is 399 g/mol. The fourth-order valence-corrected chi connectivity index (χ4v) is 3.78. The van der Waals surface area contributed by atoms with Crippen LogP contribution in [0.1, 0.15) is 30.3 Å². The summed E-state index contributed by atoms with van der Waals surface area (Å²) in [5.74, 6) is -2.95. The molecule has 0 atom stereocenters. The van der Waals surface area contributed by atoms with Gasteiger partial charge in [-0.2, -0.15) is 5.10 Å². The molecule has 0 unspecified atom stereocenters. The summed E-state index contributed by atoms with van der Waals surface area (Å²) < 4.78 is 26.4. The number of H-pyrrole nitrogens is 1. The first-order valence-corrected chi connectivity index (χ1v) is 9.69. The van der Waals surface area contributed by atoms with Crippen molar-refractivity contribution >= 4 is 16.8 Å². The number of hydrogen-bond acceptors (Lipinski definition) is 4. The largest absolute Gasteiger partial charge is 0.348 e. The number of amides is 1.